The van der Waals surface area contributed by atoms with E-state index in [0.29, 0.717) is 34.7 Å². The van der Waals surface area contributed by atoms with Gasteiger partial charge in [-0.25, -0.2) is 4.39 Å². The molecule has 164 valence electrons. The topological polar surface area (TPSA) is 82.3 Å². The Kier molecular flexibility index (Phi) is 5.77. The van der Waals surface area contributed by atoms with E-state index in [2.05, 4.69) is 10.2 Å². The Morgan fingerprint density at radius 3 is 2.84 bits per heavy atom. The summed E-state index contributed by atoms with van der Waals surface area (Å²) in [5.41, 5.74) is 3.98. The maximum absolute atomic E-state index is 13.7. The van der Waals surface area contributed by atoms with Crippen LogP contribution in [0.1, 0.15) is 28.5 Å². The van der Waals surface area contributed by atoms with E-state index < -0.39 is 0 Å². The Bertz CT molecular complexity index is 1300. The van der Waals surface area contributed by atoms with Crippen molar-refractivity contribution in [1.82, 2.24) is 15.1 Å². The SMILES string of the molecule is CCOc1cc(C(=O)N(C)Cc2c[n+](O)c(C)c3cn[nH]c23)ccc1-c1cccc(F)c1. The van der Waals surface area contributed by atoms with Crippen LogP contribution in [0, 0.1) is 12.7 Å². The fourth-order valence-corrected chi connectivity index (χ4v) is 3.73. The van der Waals surface area contributed by atoms with Gasteiger partial charge in [0, 0.05) is 29.8 Å². The molecule has 0 bridgehead atoms. The zero-order chi connectivity index (χ0) is 22.8. The highest BCUT2D eigenvalue weighted by Gasteiger charge is 2.21. The van der Waals surface area contributed by atoms with Gasteiger partial charge in [-0.15, -0.1) is 0 Å². The highest BCUT2D eigenvalue weighted by atomic mass is 19.1. The summed E-state index contributed by atoms with van der Waals surface area (Å²) in [7, 11) is 1.69. The summed E-state index contributed by atoms with van der Waals surface area (Å²) in [6, 6.07) is 11.4. The van der Waals surface area contributed by atoms with Crippen LogP contribution >= 0.6 is 0 Å². The number of aryl methyl sites for hydroxylation is 1. The Morgan fingerprint density at radius 2 is 2.09 bits per heavy atom. The lowest BCUT2D eigenvalue weighted by atomic mass is 10.0. The molecule has 0 aliphatic rings. The number of carbonyl (C=O) groups excluding carboxylic acids is 1. The molecule has 0 unspecified atom stereocenters. The second-order valence-electron chi connectivity index (χ2n) is 7.56. The molecule has 4 rings (SSSR count). The standard InChI is InChI=1S/C24H23FN4O3/c1-4-32-22-11-17(8-9-20(22)16-6-5-7-19(25)10-16)24(30)28(3)13-18-14-29(31)15(2)21-12-26-27-23(18)21/h5-12,14,31H,4,13H2,1-3H3/p+1. The molecule has 1 amide bonds. The first-order valence-corrected chi connectivity index (χ1v) is 10.2. The molecular weight excluding hydrogens is 411 g/mol. The van der Waals surface area contributed by atoms with Gasteiger partial charge in [0.2, 0.25) is 11.9 Å². The largest absolute Gasteiger partial charge is 0.493 e. The minimum absolute atomic E-state index is 0.213. The predicted octanol–water partition coefficient (Wildman–Crippen LogP) is 3.87. The van der Waals surface area contributed by atoms with Gasteiger partial charge in [-0.2, -0.15) is 5.10 Å². The predicted molar refractivity (Wildman–Crippen MR) is 117 cm³/mol. The number of aromatic amines is 1. The summed E-state index contributed by atoms with van der Waals surface area (Å²) in [4.78, 5) is 14.7. The summed E-state index contributed by atoms with van der Waals surface area (Å²) < 4.78 is 20.5. The van der Waals surface area contributed by atoms with Gasteiger partial charge in [0.05, 0.1) is 35.8 Å². The third-order valence-electron chi connectivity index (χ3n) is 5.39. The number of hydrogen-bond donors (Lipinski definition) is 2. The summed E-state index contributed by atoms with van der Waals surface area (Å²) in [5.74, 6) is -0.0412. The van der Waals surface area contributed by atoms with Gasteiger partial charge >= 0.3 is 0 Å². The molecule has 0 aliphatic heterocycles. The zero-order valence-electron chi connectivity index (χ0n) is 18.1. The summed E-state index contributed by atoms with van der Waals surface area (Å²) in [6.45, 7) is 4.31. The van der Waals surface area contributed by atoms with Crippen molar-refractivity contribution in [2.75, 3.05) is 13.7 Å². The number of nitrogens with one attached hydrogen (secondary N) is 1. The molecule has 2 N–H and O–H groups in total. The first-order valence-electron chi connectivity index (χ1n) is 10.2. The normalized spacial score (nSPS) is 11.0. The van der Waals surface area contributed by atoms with Crippen LogP contribution in [-0.4, -0.2) is 39.9 Å². The Balaban J connectivity index is 1.64. The molecule has 8 heteroatoms. The van der Waals surface area contributed by atoms with E-state index in [1.165, 1.54) is 12.1 Å². The van der Waals surface area contributed by atoms with E-state index >= 15 is 0 Å². The van der Waals surface area contributed by atoms with Crippen LogP contribution in [0.4, 0.5) is 4.39 Å². The van der Waals surface area contributed by atoms with Gasteiger partial charge in [-0.05, 0) is 42.8 Å². The van der Waals surface area contributed by atoms with Crippen molar-refractivity contribution in [3.63, 3.8) is 0 Å². The van der Waals surface area contributed by atoms with Crippen molar-refractivity contribution in [1.29, 1.82) is 0 Å². The molecule has 0 radical (unpaired) electrons. The van der Waals surface area contributed by atoms with Gasteiger partial charge in [0.1, 0.15) is 11.6 Å². The van der Waals surface area contributed by atoms with Gasteiger partial charge in [0.25, 0.3) is 5.91 Å². The Labute approximate surface area is 184 Å². The average Bonchev–Trinajstić information content (AvgIpc) is 3.27. The number of benzene rings is 2. The first-order chi connectivity index (χ1) is 15.4. The third-order valence-corrected chi connectivity index (χ3v) is 5.39. The highest BCUT2D eigenvalue weighted by Crippen LogP contribution is 2.32. The minimum Gasteiger partial charge on any atom is -0.493 e. The van der Waals surface area contributed by atoms with Crippen LogP contribution in [0.15, 0.2) is 54.9 Å². The van der Waals surface area contributed by atoms with Crippen molar-refractivity contribution < 1.29 is 23.9 Å². The zero-order valence-corrected chi connectivity index (χ0v) is 18.1. The van der Waals surface area contributed by atoms with Crippen LogP contribution < -0.4 is 9.47 Å². The Hall–Kier alpha value is -3.94. The third kappa shape index (κ3) is 3.99. The van der Waals surface area contributed by atoms with E-state index in [1.807, 2.05) is 6.92 Å². The fourth-order valence-electron chi connectivity index (χ4n) is 3.73. The number of rotatable bonds is 6. The van der Waals surface area contributed by atoms with Crippen LogP contribution in [0.3, 0.4) is 0 Å². The maximum Gasteiger partial charge on any atom is 0.254 e. The van der Waals surface area contributed by atoms with E-state index in [4.69, 9.17) is 4.74 Å². The van der Waals surface area contributed by atoms with Crippen molar-refractivity contribution in [2.45, 2.75) is 20.4 Å². The maximum atomic E-state index is 13.7. The number of nitrogens with zero attached hydrogens (tertiary/aromatic N) is 3. The lowest BCUT2D eigenvalue weighted by Gasteiger charge is -2.18. The second kappa shape index (κ2) is 8.66. The number of fused-ring (bicyclic) bond motifs is 1. The molecule has 2 heterocycles. The molecule has 32 heavy (non-hydrogen) atoms. The smallest absolute Gasteiger partial charge is 0.254 e. The molecule has 0 spiro atoms. The van der Waals surface area contributed by atoms with Crippen LogP contribution in [0.2, 0.25) is 0 Å². The number of amides is 1. The van der Waals surface area contributed by atoms with Crippen LogP contribution in [0.25, 0.3) is 22.0 Å². The molecule has 0 aliphatic carbocycles. The number of aromatic nitrogens is 3. The molecule has 0 saturated carbocycles. The number of ether oxygens (including phenoxy) is 1. The van der Waals surface area contributed by atoms with Crippen molar-refractivity contribution in [3.05, 3.63) is 77.5 Å². The summed E-state index contributed by atoms with van der Waals surface area (Å²) >= 11 is 0. The van der Waals surface area contributed by atoms with Gasteiger partial charge in [-0.3, -0.25) is 15.1 Å². The molecule has 0 saturated heterocycles. The second-order valence-corrected chi connectivity index (χ2v) is 7.56. The average molecular weight is 435 g/mol. The van der Waals surface area contributed by atoms with Crippen LogP contribution in [-0.2, 0) is 6.54 Å². The van der Waals surface area contributed by atoms with Gasteiger partial charge < -0.3 is 9.64 Å². The highest BCUT2D eigenvalue weighted by molar-refractivity contribution is 5.95. The molecule has 2 aromatic heterocycles. The summed E-state index contributed by atoms with van der Waals surface area (Å²) in [5, 5.41) is 17.9. The number of hydrogen-bond acceptors (Lipinski definition) is 4. The van der Waals surface area contributed by atoms with Crippen molar-refractivity contribution >= 4 is 16.8 Å². The fraction of sp³-hybridized carbons (Fsp3) is 0.208. The van der Waals surface area contributed by atoms with Crippen molar-refractivity contribution in [2.24, 2.45) is 0 Å². The van der Waals surface area contributed by atoms with Gasteiger partial charge in [0.15, 0.2) is 0 Å². The molecule has 0 atom stereocenters. The number of carbonyl (C=O) groups is 1. The number of pyridine rings is 1. The van der Waals surface area contributed by atoms with E-state index in [9.17, 15) is 14.4 Å². The number of H-pyrrole nitrogens is 1. The molecule has 4 aromatic rings. The molecule has 0 fully saturated rings. The molecule has 7 nitrogen and oxygen atoms in total. The monoisotopic (exact) mass is 435 g/mol. The number of halogens is 1. The van der Waals surface area contributed by atoms with E-state index in [1.54, 1.807) is 61.6 Å². The van der Waals surface area contributed by atoms with E-state index in [-0.39, 0.29) is 18.3 Å². The Morgan fingerprint density at radius 1 is 1.28 bits per heavy atom. The molecular formula is C24H24FN4O3+. The quantitative estimate of drug-likeness (QED) is 0.356. The van der Waals surface area contributed by atoms with Crippen molar-refractivity contribution in [3.8, 4) is 16.9 Å². The van der Waals surface area contributed by atoms with Gasteiger partial charge in [-0.1, -0.05) is 12.1 Å². The lowest BCUT2D eigenvalue weighted by Crippen LogP contribution is -2.35. The minimum atomic E-state index is -0.339. The molecule has 2 aromatic carbocycles. The lowest BCUT2D eigenvalue weighted by molar-refractivity contribution is -0.908. The van der Waals surface area contributed by atoms with Crippen LogP contribution in [0.5, 0.6) is 5.75 Å². The van der Waals surface area contributed by atoms with E-state index in [0.717, 1.165) is 21.2 Å². The summed E-state index contributed by atoms with van der Waals surface area (Å²) in [6.07, 6.45) is 3.21. The first kappa shape index (κ1) is 21.3.